The van der Waals surface area contributed by atoms with Gasteiger partial charge in [-0.3, -0.25) is 4.79 Å². The minimum atomic E-state index is -0.185. The number of aromatic hydroxyl groups is 1. The van der Waals surface area contributed by atoms with E-state index in [2.05, 4.69) is 5.32 Å². The lowest BCUT2D eigenvalue weighted by atomic mass is 10.3. The first-order chi connectivity index (χ1) is 9.13. The molecule has 0 bridgehead atoms. The van der Waals surface area contributed by atoms with Crippen molar-refractivity contribution in [2.24, 2.45) is 0 Å². The van der Waals surface area contributed by atoms with E-state index < -0.39 is 0 Å². The van der Waals surface area contributed by atoms with Crippen LogP contribution in [0.2, 0.25) is 5.02 Å². The Morgan fingerprint density at radius 1 is 1.21 bits per heavy atom. The highest BCUT2D eigenvalue weighted by atomic mass is 35.5. The van der Waals surface area contributed by atoms with E-state index in [0.29, 0.717) is 10.6 Å². The van der Waals surface area contributed by atoms with Crippen molar-refractivity contribution in [3.05, 3.63) is 45.6 Å². The van der Waals surface area contributed by atoms with Crippen molar-refractivity contribution in [2.75, 3.05) is 5.32 Å². The first kappa shape index (κ1) is 12.5. The number of fused-ring (bicyclic) bond motifs is 1. The number of amides is 1. The number of phenols is 1. The molecule has 19 heavy (non-hydrogen) atoms. The zero-order valence-electron chi connectivity index (χ0n) is 9.51. The molecule has 1 aromatic carbocycles. The third kappa shape index (κ3) is 2.45. The lowest BCUT2D eigenvalue weighted by Gasteiger charge is -2.04. The van der Waals surface area contributed by atoms with Gasteiger partial charge in [0.1, 0.15) is 5.75 Å². The second-order valence-corrected chi connectivity index (χ2v) is 6.32. The highest BCUT2D eigenvalue weighted by Crippen LogP contribution is 2.31. The molecule has 2 aromatic heterocycles. The number of rotatable bonds is 2. The summed E-state index contributed by atoms with van der Waals surface area (Å²) in [7, 11) is 0. The van der Waals surface area contributed by atoms with Gasteiger partial charge in [-0.2, -0.15) is 0 Å². The number of hydrogen-bond donors (Lipinski definition) is 2. The number of carbonyl (C=O) groups excluding carboxylic acids is 1. The second kappa shape index (κ2) is 4.85. The molecule has 0 aliphatic carbocycles. The molecule has 1 amide bonds. The maximum absolute atomic E-state index is 12.1. The minimum absolute atomic E-state index is 0.0494. The molecule has 2 heterocycles. The number of benzene rings is 1. The summed E-state index contributed by atoms with van der Waals surface area (Å²) >= 11 is 8.77. The van der Waals surface area contributed by atoms with Gasteiger partial charge in [-0.1, -0.05) is 11.6 Å². The molecule has 0 unspecified atom stereocenters. The average Bonchev–Trinajstić information content (AvgIpc) is 2.94. The van der Waals surface area contributed by atoms with Gasteiger partial charge in [0, 0.05) is 21.2 Å². The molecule has 0 saturated carbocycles. The van der Waals surface area contributed by atoms with Gasteiger partial charge in [-0.05, 0) is 29.6 Å². The van der Waals surface area contributed by atoms with Gasteiger partial charge in [-0.15, -0.1) is 22.7 Å². The molecule has 3 rings (SSSR count). The lowest BCUT2D eigenvalue weighted by molar-refractivity contribution is 0.103. The smallest absolute Gasteiger partial charge is 0.265 e. The summed E-state index contributed by atoms with van der Waals surface area (Å²) in [5.41, 5.74) is 0.517. The Balaban J connectivity index is 1.84. The minimum Gasteiger partial charge on any atom is -0.506 e. The Morgan fingerprint density at radius 2 is 2.05 bits per heavy atom. The van der Waals surface area contributed by atoms with Gasteiger partial charge in [0.25, 0.3) is 5.91 Å². The van der Waals surface area contributed by atoms with E-state index in [-0.39, 0.29) is 16.7 Å². The van der Waals surface area contributed by atoms with Crippen molar-refractivity contribution < 1.29 is 9.90 Å². The highest BCUT2D eigenvalue weighted by Gasteiger charge is 2.11. The van der Waals surface area contributed by atoms with Gasteiger partial charge in [-0.25, -0.2) is 0 Å². The average molecular weight is 310 g/mol. The van der Waals surface area contributed by atoms with Gasteiger partial charge < -0.3 is 10.4 Å². The largest absolute Gasteiger partial charge is 0.506 e. The first-order valence-electron chi connectivity index (χ1n) is 5.40. The van der Waals surface area contributed by atoms with Crippen LogP contribution in [0.15, 0.2) is 35.7 Å². The highest BCUT2D eigenvalue weighted by molar-refractivity contribution is 7.27. The van der Waals surface area contributed by atoms with Crippen molar-refractivity contribution >= 4 is 55.3 Å². The predicted molar refractivity (Wildman–Crippen MR) is 80.8 cm³/mol. The standard InChI is InChI=1S/C13H8ClNO2S2/c14-8-2-1-7(5-9(8)16)15-13(17)12-6-11-10(19-12)3-4-18-11/h1-6,16H,(H,15,17). The third-order valence-electron chi connectivity index (χ3n) is 2.57. The molecular weight excluding hydrogens is 302 g/mol. The molecule has 0 aliphatic rings. The van der Waals surface area contributed by atoms with Crippen molar-refractivity contribution in [1.29, 1.82) is 0 Å². The third-order valence-corrected chi connectivity index (χ3v) is 4.98. The van der Waals surface area contributed by atoms with Crippen LogP contribution < -0.4 is 5.32 Å². The van der Waals surface area contributed by atoms with Crippen LogP contribution in [0.1, 0.15) is 9.67 Å². The van der Waals surface area contributed by atoms with E-state index in [9.17, 15) is 9.90 Å². The molecular formula is C13H8ClNO2S2. The summed E-state index contributed by atoms with van der Waals surface area (Å²) < 4.78 is 2.21. The monoisotopic (exact) mass is 309 g/mol. The molecule has 3 aromatic rings. The summed E-state index contributed by atoms with van der Waals surface area (Å²) in [6.45, 7) is 0. The van der Waals surface area contributed by atoms with E-state index in [4.69, 9.17) is 11.6 Å². The fourth-order valence-corrected chi connectivity index (χ4v) is 3.78. The Labute approximate surface area is 122 Å². The maximum atomic E-state index is 12.1. The van der Waals surface area contributed by atoms with Crippen molar-refractivity contribution in [1.82, 2.24) is 0 Å². The van der Waals surface area contributed by atoms with Gasteiger partial charge >= 0.3 is 0 Å². The topological polar surface area (TPSA) is 49.3 Å². The van der Waals surface area contributed by atoms with Crippen LogP contribution in [-0.4, -0.2) is 11.0 Å². The Morgan fingerprint density at radius 3 is 2.79 bits per heavy atom. The molecule has 0 spiro atoms. The number of hydrogen-bond acceptors (Lipinski definition) is 4. The molecule has 2 N–H and O–H groups in total. The number of carbonyl (C=O) groups is 1. The summed E-state index contributed by atoms with van der Waals surface area (Å²) in [5, 5.41) is 14.5. The van der Waals surface area contributed by atoms with Crippen LogP contribution in [-0.2, 0) is 0 Å². The zero-order valence-corrected chi connectivity index (χ0v) is 11.9. The molecule has 0 saturated heterocycles. The summed E-state index contributed by atoms with van der Waals surface area (Å²) in [4.78, 5) is 12.7. The quantitative estimate of drug-likeness (QED) is 0.728. The Hall–Kier alpha value is -1.56. The number of halogens is 1. The molecule has 3 nitrogen and oxygen atoms in total. The lowest BCUT2D eigenvalue weighted by Crippen LogP contribution is -2.09. The van der Waals surface area contributed by atoms with Crippen LogP contribution in [0.4, 0.5) is 5.69 Å². The van der Waals surface area contributed by atoms with Crippen LogP contribution in [0, 0.1) is 0 Å². The van der Waals surface area contributed by atoms with E-state index in [1.54, 1.807) is 23.5 Å². The van der Waals surface area contributed by atoms with Crippen LogP contribution in [0.3, 0.4) is 0 Å². The molecule has 0 atom stereocenters. The van der Waals surface area contributed by atoms with E-state index in [1.807, 2.05) is 17.5 Å². The molecule has 96 valence electrons. The van der Waals surface area contributed by atoms with E-state index in [0.717, 1.165) is 9.40 Å². The number of phenolic OH excluding ortho intramolecular Hbond substituents is 1. The number of nitrogens with one attached hydrogen (secondary N) is 1. The van der Waals surface area contributed by atoms with Gasteiger partial charge in [0.05, 0.1) is 9.90 Å². The zero-order chi connectivity index (χ0) is 13.4. The van der Waals surface area contributed by atoms with Gasteiger partial charge in [0.15, 0.2) is 0 Å². The Kier molecular flexibility index (Phi) is 3.18. The van der Waals surface area contributed by atoms with Crippen LogP contribution in [0.5, 0.6) is 5.75 Å². The molecule has 0 fully saturated rings. The van der Waals surface area contributed by atoms with Crippen LogP contribution >= 0.6 is 34.3 Å². The predicted octanol–water partition coefficient (Wildman–Crippen LogP) is 4.57. The number of anilines is 1. The van der Waals surface area contributed by atoms with E-state index >= 15 is 0 Å². The fraction of sp³-hybridized carbons (Fsp3) is 0. The van der Waals surface area contributed by atoms with Crippen LogP contribution in [0.25, 0.3) is 9.40 Å². The SMILES string of the molecule is O=C(Nc1ccc(Cl)c(O)c1)c1cc2sccc2s1. The second-order valence-electron chi connectivity index (χ2n) is 3.88. The van der Waals surface area contributed by atoms with Crippen molar-refractivity contribution in [2.45, 2.75) is 0 Å². The van der Waals surface area contributed by atoms with Crippen molar-refractivity contribution in [3.8, 4) is 5.75 Å². The van der Waals surface area contributed by atoms with Gasteiger partial charge in [0.2, 0.25) is 0 Å². The summed E-state index contributed by atoms with van der Waals surface area (Å²) in [6.07, 6.45) is 0. The normalized spacial score (nSPS) is 10.8. The first-order valence-corrected chi connectivity index (χ1v) is 7.48. The summed E-state index contributed by atoms with van der Waals surface area (Å²) in [6, 6.07) is 8.48. The molecule has 0 aliphatic heterocycles. The number of thiophene rings is 2. The van der Waals surface area contributed by atoms with E-state index in [1.165, 1.54) is 17.4 Å². The fourth-order valence-electron chi connectivity index (χ4n) is 1.66. The van der Waals surface area contributed by atoms with Crippen molar-refractivity contribution in [3.63, 3.8) is 0 Å². The molecule has 0 radical (unpaired) electrons. The Bertz CT molecular complexity index is 734. The maximum Gasteiger partial charge on any atom is 0.265 e. The summed E-state index contributed by atoms with van der Waals surface area (Å²) in [5.74, 6) is -0.234. The molecule has 6 heteroatoms.